The molecule has 0 spiro atoms. The summed E-state index contributed by atoms with van der Waals surface area (Å²) in [7, 11) is 0. The predicted octanol–water partition coefficient (Wildman–Crippen LogP) is 3.46. The highest BCUT2D eigenvalue weighted by molar-refractivity contribution is 6.35. The van der Waals surface area contributed by atoms with Gasteiger partial charge in [-0.15, -0.1) is 0 Å². The van der Waals surface area contributed by atoms with Gasteiger partial charge in [-0.25, -0.2) is 4.79 Å². The predicted molar refractivity (Wildman–Crippen MR) is 105 cm³/mol. The molecule has 3 rings (SSSR count). The first-order valence-corrected chi connectivity index (χ1v) is 9.46. The number of hydrogen-bond donors (Lipinski definition) is 1. The maximum absolute atomic E-state index is 12.3. The molecule has 0 unspecified atom stereocenters. The van der Waals surface area contributed by atoms with Gasteiger partial charge in [0.2, 0.25) is 0 Å². The number of piperazine rings is 1. The van der Waals surface area contributed by atoms with Crippen LogP contribution in [0.5, 0.6) is 0 Å². The number of pyridine rings is 1. The van der Waals surface area contributed by atoms with E-state index in [-0.39, 0.29) is 6.03 Å². The van der Waals surface area contributed by atoms with Crippen LogP contribution in [-0.4, -0.2) is 53.5 Å². The number of carbonyl (C=O) groups excluding carboxylic acids is 1. The molecule has 1 aromatic heterocycles. The van der Waals surface area contributed by atoms with Crippen LogP contribution in [0.1, 0.15) is 11.3 Å². The lowest BCUT2D eigenvalue weighted by molar-refractivity contribution is 0.140. The lowest BCUT2D eigenvalue weighted by Crippen LogP contribution is -2.51. The maximum atomic E-state index is 12.3. The van der Waals surface area contributed by atoms with Gasteiger partial charge in [0, 0.05) is 49.0 Å². The second kappa shape index (κ2) is 9.21. The lowest BCUT2D eigenvalue weighted by Gasteiger charge is -2.34. The van der Waals surface area contributed by atoms with Crippen molar-refractivity contribution < 1.29 is 4.79 Å². The quantitative estimate of drug-likeness (QED) is 0.847. The van der Waals surface area contributed by atoms with Crippen molar-refractivity contribution in [2.24, 2.45) is 0 Å². The van der Waals surface area contributed by atoms with Crippen molar-refractivity contribution in [3.63, 3.8) is 0 Å². The molecule has 1 aliphatic rings. The molecular weight excluding hydrogens is 371 g/mol. The Bertz CT molecular complexity index is 734. The summed E-state index contributed by atoms with van der Waals surface area (Å²) in [6.07, 6.45) is 2.61. The number of hydrogen-bond acceptors (Lipinski definition) is 3. The fraction of sp³-hybridized carbons (Fsp3) is 0.368. The van der Waals surface area contributed by atoms with E-state index in [1.54, 1.807) is 12.3 Å². The number of urea groups is 1. The molecule has 1 N–H and O–H groups in total. The maximum Gasteiger partial charge on any atom is 0.317 e. The molecule has 138 valence electrons. The molecule has 1 aromatic carbocycles. The van der Waals surface area contributed by atoms with E-state index >= 15 is 0 Å². The first kappa shape index (κ1) is 19.0. The Balaban J connectivity index is 1.40. The van der Waals surface area contributed by atoms with Crippen molar-refractivity contribution in [3.05, 3.63) is 63.9 Å². The summed E-state index contributed by atoms with van der Waals surface area (Å²) in [6, 6.07) is 11.3. The van der Waals surface area contributed by atoms with Crippen molar-refractivity contribution >= 4 is 29.2 Å². The van der Waals surface area contributed by atoms with Gasteiger partial charge in [0.15, 0.2) is 0 Å². The van der Waals surface area contributed by atoms with Gasteiger partial charge in [-0.2, -0.15) is 0 Å². The van der Waals surface area contributed by atoms with Crippen LogP contribution in [0.4, 0.5) is 4.79 Å². The third-order valence-electron chi connectivity index (χ3n) is 4.52. The summed E-state index contributed by atoms with van der Waals surface area (Å²) in [5, 5.41) is 4.30. The van der Waals surface area contributed by atoms with Crippen molar-refractivity contribution in [3.8, 4) is 0 Å². The van der Waals surface area contributed by atoms with E-state index in [0.717, 1.165) is 50.4 Å². The second-order valence-electron chi connectivity index (χ2n) is 6.29. The zero-order valence-electron chi connectivity index (χ0n) is 14.5. The molecule has 0 atom stereocenters. The molecule has 0 saturated carbocycles. The van der Waals surface area contributed by atoms with Gasteiger partial charge in [0.25, 0.3) is 0 Å². The molecule has 26 heavy (non-hydrogen) atoms. The largest absolute Gasteiger partial charge is 0.332 e. The van der Waals surface area contributed by atoms with Crippen LogP contribution in [0.3, 0.4) is 0 Å². The van der Waals surface area contributed by atoms with Gasteiger partial charge in [0.1, 0.15) is 0 Å². The van der Waals surface area contributed by atoms with Crippen molar-refractivity contribution in [2.45, 2.75) is 13.0 Å². The van der Waals surface area contributed by atoms with Gasteiger partial charge < -0.3 is 10.2 Å². The van der Waals surface area contributed by atoms with Gasteiger partial charge in [-0.05, 0) is 36.2 Å². The Kier molecular flexibility index (Phi) is 6.72. The number of nitrogens with zero attached hydrogens (tertiary/aromatic N) is 3. The van der Waals surface area contributed by atoms with E-state index in [9.17, 15) is 4.79 Å². The number of carbonyl (C=O) groups is 1. The summed E-state index contributed by atoms with van der Waals surface area (Å²) in [4.78, 5) is 20.7. The van der Waals surface area contributed by atoms with Crippen LogP contribution < -0.4 is 5.32 Å². The van der Waals surface area contributed by atoms with Crippen molar-refractivity contribution in [1.29, 1.82) is 0 Å². The number of rotatable bonds is 5. The third-order valence-corrected chi connectivity index (χ3v) is 5.11. The Labute approximate surface area is 163 Å². The highest BCUT2D eigenvalue weighted by Gasteiger charge is 2.20. The van der Waals surface area contributed by atoms with E-state index in [2.05, 4.69) is 15.2 Å². The van der Waals surface area contributed by atoms with Gasteiger partial charge in [0.05, 0.1) is 12.2 Å². The Hall–Kier alpha value is -1.82. The SMILES string of the molecule is O=C(NCc1ccccn1)N1CCN(CCc2ccc(Cl)cc2Cl)CC1. The Morgan fingerprint density at radius 1 is 1.12 bits per heavy atom. The molecule has 1 saturated heterocycles. The highest BCUT2D eigenvalue weighted by Crippen LogP contribution is 2.21. The van der Waals surface area contributed by atoms with E-state index < -0.39 is 0 Å². The summed E-state index contributed by atoms with van der Waals surface area (Å²) >= 11 is 12.2. The van der Waals surface area contributed by atoms with Crippen molar-refractivity contribution in [1.82, 2.24) is 20.1 Å². The molecule has 2 aromatic rings. The number of aromatic nitrogens is 1. The summed E-state index contributed by atoms with van der Waals surface area (Å²) in [5.41, 5.74) is 1.96. The van der Waals surface area contributed by atoms with Crippen molar-refractivity contribution in [2.75, 3.05) is 32.7 Å². The molecule has 5 nitrogen and oxygen atoms in total. The summed E-state index contributed by atoms with van der Waals surface area (Å²) in [5.74, 6) is 0. The molecule has 0 aliphatic carbocycles. The van der Waals surface area contributed by atoms with Gasteiger partial charge >= 0.3 is 6.03 Å². The zero-order valence-corrected chi connectivity index (χ0v) is 16.0. The first-order chi connectivity index (χ1) is 12.6. The van der Waals surface area contributed by atoms with Crippen LogP contribution in [0, 0.1) is 0 Å². The van der Waals surface area contributed by atoms with E-state index in [1.165, 1.54) is 0 Å². The molecule has 2 amide bonds. The van der Waals surface area contributed by atoms with E-state index in [1.807, 2.05) is 35.2 Å². The minimum atomic E-state index is -0.0314. The number of halogens is 2. The molecular formula is C19H22Cl2N4O. The van der Waals surface area contributed by atoms with Crippen LogP contribution in [0.2, 0.25) is 10.0 Å². The third kappa shape index (κ3) is 5.34. The Morgan fingerprint density at radius 3 is 2.62 bits per heavy atom. The highest BCUT2D eigenvalue weighted by atomic mass is 35.5. The fourth-order valence-electron chi connectivity index (χ4n) is 2.96. The smallest absolute Gasteiger partial charge is 0.317 e. The van der Waals surface area contributed by atoms with E-state index in [0.29, 0.717) is 16.6 Å². The minimum absolute atomic E-state index is 0.0314. The van der Waals surface area contributed by atoms with Crippen LogP contribution >= 0.6 is 23.2 Å². The lowest BCUT2D eigenvalue weighted by atomic mass is 10.1. The average Bonchev–Trinajstić information content (AvgIpc) is 2.67. The van der Waals surface area contributed by atoms with Crippen LogP contribution in [0.25, 0.3) is 0 Å². The first-order valence-electron chi connectivity index (χ1n) is 8.71. The molecule has 0 radical (unpaired) electrons. The second-order valence-corrected chi connectivity index (χ2v) is 7.14. The number of amides is 2. The van der Waals surface area contributed by atoms with Gasteiger partial charge in [-0.1, -0.05) is 35.3 Å². The average molecular weight is 393 g/mol. The topological polar surface area (TPSA) is 48.5 Å². The summed E-state index contributed by atoms with van der Waals surface area (Å²) < 4.78 is 0. The molecule has 7 heteroatoms. The molecule has 0 bridgehead atoms. The molecule has 2 heterocycles. The Morgan fingerprint density at radius 2 is 1.92 bits per heavy atom. The molecule has 1 fully saturated rings. The van der Waals surface area contributed by atoms with Crippen LogP contribution in [-0.2, 0) is 13.0 Å². The number of benzene rings is 1. The van der Waals surface area contributed by atoms with Crippen LogP contribution in [0.15, 0.2) is 42.6 Å². The minimum Gasteiger partial charge on any atom is -0.332 e. The monoisotopic (exact) mass is 392 g/mol. The van der Waals surface area contributed by atoms with Gasteiger partial charge in [-0.3, -0.25) is 9.88 Å². The standard InChI is InChI=1S/C19H22Cl2N4O/c20-16-5-4-15(18(21)13-16)6-8-24-9-11-25(12-10-24)19(26)23-14-17-3-1-2-7-22-17/h1-5,7,13H,6,8-12,14H2,(H,23,26). The zero-order chi connectivity index (χ0) is 18.4. The fourth-order valence-corrected chi connectivity index (χ4v) is 3.46. The normalized spacial score (nSPS) is 15.1. The summed E-state index contributed by atoms with van der Waals surface area (Å²) in [6.45, 7) is 4.55. The number of nitrogens with one attached hydrogen (secondary N) is 1. The molecule has 1 aliphatic heterocycles. The van der Waals surface area contributed by atoms with E-state index in [4.69, 9.17) is 23.2 Å².